The maximum atomic E-state index is 12.1. The minimum absolute atomic E-state index is 0.145. The summed E-state index contributed by atoms with van der Waals surface area (Å²) in [7, 11) is 0. The fourth-order valence-corrected chi connectivity index (χ4v) is 4.58. The van der Waals surface area contributed by atoms with Gasteiger partial charge >= 0.3 is 11.9 Å². The van der Waals surface area contributed by atoms with Crippen LogP contribution in [0.1, 0.15) is 130 Å². The van der Waals surface area contributed by atoms with Crippen LogP contribution in [0.2, 0.25) is 0 Å². The molecule has 268 valence electrons. The number of carbonyl (C=O) groups excluding carboxylic acids is 2. The van der Waals surface area contributed by atoms with Crippen molar-refractivity contribution in [1.29, 1.82) is 0 Å². The molecule has 0 bridgehead atoms. The lowest BCUT2D eigenvalue weighted by Crippen LogP contribution is -2.28. The second-order valence-corrected chi connectivity index (χ2v) is 12.4. The highest BCUT2D eigenvalue weighted by molar-refractivity contribution is 5.70. The van der Waals surface area contributed by atoms with E-state index < -0.39 is 24.3 Å². The third-order valence-electron chi connectivity index (χ3n) is 7.37. The number of allylic oxidation sites excluding steroid dienone is 8. The molecule has 0 saturated heterocycles. The monoisotopic (exact) mass is 658 g/mol. The number of rotatable bonds is 30. The molecule has 3 atom stereocenters. The van der Waals surface area contributed by atoms with Gasteiger partial charge in [-0.2, -0.15) is 0 Å². The summed E-state index contributed by atoms with van der Waals surface area (Å²) in [5.41, 5.74) is 0. The number of carbonyl (C=O) groups is 2. The molecule has 0 spiro atoms. The van der Waals surface area contributed by atoms with Gasteiger partial charge in [-0.05, 0) is 44.4 Å². The molecule has 7 heteroatoms. The number of aliphatic hydroxyl groups excluding tert-OH is 3. The van der Waals surface area contributed by atoms with Gasteiger partial charge < -0.3 is 24.8 Å². The molecular formula is C40H66O7. The second kappa shape index (κ2) is 33.2. The Balaban J connectivity index is 3.89. The Morgan fingerprint density at radius 1 is 0.660 bits per heavy atom. The topological polar surface area (TPSA) is 113 Å². The molecule has 0 aliphatic rings. The van der Waals surface area contributed by atoms with E-state index in [4.69, 9.17) is 9.47 Å². The summed E-state index contributed by atoms with van der Waals surface area (Å²) in [5, 5.41) is 29.3. The van der Waals surface area contributed by atoms with Crippen molar-refractivity contribution >= 4 is 11.9 Å². The fourth-order valence-electron chi connectivity index (χ4n) is 4.58. The van der Waals surface area contributed by atoms with E-state index in [1.807, 2.05) is 48.6 Å². The van der Waals surface area contributed by atoms with Crippen molar-refractivity contribution in [2.75, 3.05) is 13.2 Å². The first-order chi connectivity index (χ1) is 22.8. The van der Waals surface area contributed by atoms with Gasteiger partial charge in [0.1, 0.15) is 6.61 Å². The van der Waals surface area contributed by atoms with Gasteiger partial charge in [0, 0.05) is 12.8 Å². The maximum Gasteiger partial charge on any atom is 0.306 e. The smallest absolute Gasteiger partial charge is 0.306 e. The van der Waals surface area contributed by atoms with Crippen molar-refractivity contribution < 1.29 is 34.4 Å². The van der Waals surface area contributed by atoms with Crippen LogP contribution in [0, 0.1) is 5.92 Å². The van der Waals surface area contributed by atoms with Crippen molar-refractivity contribution in [3.05, 3.63) is 72.9 Å². The lowest BCUT2D eigenvalue weighted by molar-refractivity contribution is -0.161. The van der Waals surface area contributed by atoms with Gasteiger partial charge in [-0.1, -0.05) is 151 Å². The van der Waals surface area contributed by atoms with Crippen molar-refractivity contribution in [2.24, 2.45) is 5.92 Å². The predicted octanol–water partition coefficient (Wildman–Crippen LogP) is 8.80. The molecule has 0 fully saturated rings. The molecule has 0 aromatic rings. The summed E-state index contributed by atoms with van der Waals surface area (Å²) in [4.78, 5) is 24.1. The van der Waals surface area contributed by atoms with Crippen LogP contribution in [0.15, 0.2) is 72.9 Å². The molecule has 0 rings (SSSR count). The number of hydrogen-bond donors (Lipinski definition) is 3. The maximum absolute atomic E-state index is 12.1. The van der Waals surface area contributed by atoms with Crippen LogP contribution in [0.5, 0.6) is 0 Å². The lowest BCUT2D eigenvalue weighted by atomic mass is 10.0. The largest absolute Gasteiger partial charge is 0.462 e. The van der Waals surface area contributed by atoms with Crippen LogP contribution in [-0.4, -0.2) is 58.8 Å². The molecule has 0 unspecified atom stereocenters. The number of esters is 2. The van der Waals surface area contributed by atoms with E-state index in [0.717, 1.165) is 31.6 Å². The van der Waals surface area contributed by atoms with E-state index in [-0.39, 0.29) is 25.6 Å². The molecular weight excluding hydrogens is 592 g/mol. The number of unbranched alkanes of at least 4 members (excludes halogenated alkanes) is 8. The first-order valence-electron chi connectivity index (χ1n) is 18.1. The standard InChI is InChI=1S/C40H66O7/c1-4-5-19-27-36(42)29-22-17-18-23-30-37(43)28-21-14-11-12-15-24-31-39(44)46-34-38(33-41)47-40(45)32-25-16-10-8-6-7-9-13-20-26-35(2)3/h5,12,14-15,17-19,21-23,29-30,35-38,41-43H,4,6-11,13,16,20,24-28,31-34H2,1-3H3/b15-12-,18-17-,19-5-,21-14-,29-22+,30-23+/t36-,37+,38+/m1/s1. The quantitative estimate of drug-likeness (QED) is 0.0306. The molecule has 0 heterocycles. The van der Waals surface area contributed by atoms with Gasteiger partial charge in [-0.15, -0.1) is 0 Å². The van der Waals surface area contributed by atoms with Crippen LogP contribution >= 0.6 is 0 Å². The molecule has 0 aliphatic heterocycles. The zero-order valence-electron chi connectivity index (χ0n) is 29.6. The fraction of sp³-hybridized carbons (Fsp3) is 0.650. The van der Waals surface area contributed by atoms with Gasteiger partial charge in [0.05, 0.1) is 18.8 Å². The second-order valence-electron chi connectivity index (χ2n) is 12.4. The van der Waals surface area contributed by atoms with Crippen molar-refractivity contribution in [3.8, 4) is 0 Å². The van der Waals surface area contributed by atoms with E-state index in [2.05, 4.69) is 20.8 Å². The SMILES string of the molecule is CC/C=C\C[C@@H](O)/C=C/C=C\C=C\[C@@H](O)C/C=C\C/C=C\CCC(=O)OC[C@H](CO)OC(=O)CCCCCCCCCCCC(C)C. The Kier molecular flexibility index (Phi) is 31.2. The van der Waals surface area contributed by atoms with Gasteiger partial charge in [-0.3, -0.25) is 9.59 Å². The average molecular weight is 659 g/mol. The van der Waals surface area contributed by atoms with Crippen LogP contribution in [0.25, 0.3) is 0 Å². The molecule has 0 radical (unpaired) electrons. The van der Waals surface area contributed by atoms with Gasteiger partial charge in [0.2, 0.25) is 0 Å². The summed E-state index contributed by atoms with van der Waals surface area (Å²) in [6.45, 7) is 6.08. The average Bonchev–Trinajstić information content (AvgIpc) is 3.04. The first-order valence-corrected chi connectivity index (χ1v) is 18.1. The zero-order chi connectivity index (χ0) is 34.8. The highest BCUT2D eigenvalue weighted by atomic mass is 16.6. The van der Waals surface area contributed by atoms with E-state index >= 15 is 0 Å². The minimum atomic E-state index is -0.835. The highest BCUT2D eigenvalue weighted by Crippen LogP contribution is 2.14. The summed E-state index contributed by atoms with van der Waals surface area (Å²) in [6.07, 6.45) is 36.1. The number of hydrogen-bond acceptors (Lipinski definition) is 7. The molecule has 7 nitrogen and oxygen atoms in total. The third-order valence-corrected chi connectivity index (χ3v) is 7.37. The van der Waals surface area contributed by atoms with Crippen molar-refractivity contribution in [3.63, 3.8) is 0 Å². The number of ether oxygens (including phenoxy) is 2. The predicted molar refractivity (Wildman–Crippen MR) is 194 cm³/mol. The van der Waals surface area contributed by atoms with Crippen LogP contribution in [-0.2, 0) is 19.1 Å². The molecule has 0 saturated carbocycles. The van der Waals surface area contributed by atoms with Crippen LogP contribution in [0.4, 0.5) is 0 Å². The first kappa shape index (κ1) is 44.3. The third kappa shape index (κ3) is 33.0. The van der Waals surface area contributed by atoms with E-state index in [0.29, 0.717) is 32.1 Å². The van der Waals surface area contributed by atoms with Crippen molar-refractivity contribution in [1.82, 2.24) is 0 Å². The highest BCUT2D eigenvalue weighted by Gasteiger charge is 2.15. The van der Waals surface area contributed by atoms with E-state index in [9.17, 15) is 24.9 Å². The number of aliphatic hydroxyl groups is 3. The molecule has 47 heavy (non-hydrogen) atoms. The molecule has 0 aromatic carbocycles. The molecule has 0 amide bonds. The van der Waals surface area contributed by atoms with Crippen LogP contribution in [0.3, 0.4) is 0 Å². The van der Waals surface area contributed by atoms with E-state index in [1.165, 1.54) is 44.9 Å². The zero-order valence-corrected chi connectivity index (χ0v) is 29.6. The lowest BCUT2D eigenvalue weighted by Gasteiger charge is -2.15. The summed E-state index contributed by atoms with van der Waals surface area (Å²) < 4.78 is 10.5. The van der Waals surface area contributed by atoms with Gasteiger partial charge in [0.15, 0.2) is 6.10 Å². The molecule has 0 aliphatic carbocycles. The van der Waals surface area contributed by atoms with E-state index in [1.54, 1.807) is 24.3 Å². The Morgan fingerprint density at radius 3 is 1.79 bits per heavy atom. The van der Waals surface area contributed by atoms with Gasteiger partial charge in [0.25, 0.3) is 0 Å². The molecule has 0 aromatic heterocycles. The summed E-state index contributed by atoms with van der Waals surface area (Å²) in [5.74, 6) is 0.0332. The Morgan fingerprint density at radius 2 is 1.21 bits per heavy atom. The Bertz CT molecular complexity index is 929. The normalized spacial score (nSPS) is 14.5. The summed E-state index contributed by atoms with van der Waals surface area (Å²) in [6, 6.07) is 0. The minimum Gasteiger partial charge on any atom is -0.462 e. The van der Waals surface area contributed by atoms with Crippen LogP contribution < -0.4 is 0 Å². The Hall–Kier alpha value is -2.74. The molecule has 3 N–H and O–H groups in total. The van der Waals surface area contributed by atoms with Crippen molar-refractivity contribution in [2.45, 2.75) is 148 Å². The van der Waals surface area contributed by atoms with Gasteiger partial charge in [-0.25, -0.2) is 0 Å². The summed E-state index contributed by atoms with van der Waals surface area (Å²) >= 11 is 0. The Labute approximate surface area is 286 Å².